The average Bonchev–Trinajstić information content (AvgIpc) is 2.55. The van der Waals surface area contributed by atoms with E-state index in [4.69, 9.17) is 0 Å². The molecule has 25 heavy (non-hydrogen) atoms. The third-order valence-corrected chi connectivity index (χ3v) is 4.21. The topological polar surface area (TPSA) is 29.1 Å². The van der Waals surface area contributed by atoms with E-state index in [-0.39, 0.29) is 5.56 Å². The van der Waals surface area contributed by atoms with Crippen LogP contribution in [0.2, 0.25) is 0 Å². The summed E-state index contributed by atoms with van der Waals surface area (Å²) in [5.41, 5.74) is -2.99. The molecular formula is C18H17F4NOS. The van der Waals surface area contributed by atoms with E-state index in [1.165, 1.54) is 0 Å². The highest BCUT2D eigenvalue weighted by atomic mass is 32.2. The molecule has 2 aromatic carbocycles. The van der Waals surface area contributed by atoms with Crippen molar-refractivity contribution < 1.29 is 22.4 Å². The first-order valence-corrected chi connectivity index (χ1v) is 8.55. The van der Waals surface area contributed by atoms with Crippen LogP contribution in [0, 0.1) is 5.82 Å². The fraction of sp³-hybridized carbons (Fsp3) is 0.278. The molecule has 0 aliphatic rings. The van der Waals surface area contributed by atoms with E-state index in [1.54, 1.807) is 12.1 Å². The number of thioether (sulfide) groups is 1. The average molecular weight is 371 g/mol. The van der Waals surface area contributed by atoms with Gasteiger partial charge in [0.25, 0.3) is 5.91 Å². The zero-order valence-electron chi connectivity index (χ0n) is 13.5. The first kappa shape index (κ1) is 19.3. The number of anilines is 1. The van der Waals surface area contributed by atoms with Crippen molar-refractivity contribution in [3.05, 3.63) is 59.4 Å². The van der Waals surface area contributed by atoms with E-state index in [9.17, 15) is 22.4 Å². The van der Waals surface area contributed by atoms with Crippen molar-refractivity contribution in [2.75, 3.05) is 5.32 Å². The normalized spacial score (nSPS) is 11.4. The highest BCUT2D eigenvalue weighted by Gasteiger charge is 2.31. The van der Waals surface area contributed by atoms with Gasteiger partial charge in [0.05, 0.1) is 4.90 Å². The molecule has 0 atom stereocenters. The maximum absolute atomic E-state index is 13.5. The van der Waals surface area contributed by atoms with E-state index < -0.39 is 33.9 Å². The van der Waals surface area contributed by atoms with Gasteiger partial charge in [-0.1, -0.05) is 25.5 Å². The molecule has 0 fully saturated rings. The molecule has 0 aliphatic carbocycles. The molecule has 0 saturated carbocycles. The van der Waals surface area contributed by atoms with Crippen LogP contribution in [0.3, 0.4) is 0 Å². The van der Waals surface area contributed by atoms with Gasteiger partial charge >= 0.3 is 5.51 Å². The van der Waals surface area contributed by atoms with E-state index in [0.717, 1.165) is 43.0 Å². The number of rotatable bonds is 6. The second-order valence-electron chi connectivity index (χ2n) is 5.45. The number of hydrogen-bond acceptors (Lipinski definition) is 2. The SMILES string of the molecule is CCCCc1ccc(NC(=O)c2ccc(F)c(SC(F)(F)F)c2)cc1. The van der Waals surface area contributed by atoms with Crippen molar-refractivity contribution in [1.29, 1.82) is 0 Å². The summed E-state index contributed by atoms with van der Waals surface area (Å²) in [5.74, 6) is -1.61. The molecule has 0 unspecified atom stereocenters. The summed E-state index contributed by atoms with van der Waals surface area (Å²) in [7, 11) is 0. The van der Waals surface area contributed by atoms with Gasteiger partial charge in [-0.25, -0.2) is 4.39 Å². The molecule has 0 aliphatic heterocycles. The summed E-state index contributed by atoms with van der Waals surface area (Å²) in [6.45, 7) is 2.10. The quantitative estimate of drug-likeness (QED) is 0.496. The molecule has 1 amide bonds. The molecule has 2 nitrogen and oxygen atoms in total. The number of aryl methyl sites for hydroxylation is 1. The fourth-order valence-corrected chi connectivity index (χ4v) is 2.79. The summed E-state index contributed by atoms with van der Waals surface area (Å²) < 4.78 is 50.8. The zero-order valence-corrected chi connectivity index (χ0v) is 14.3. The Labute approximate surface area is 147 Å². The van der Waals surface area contributed by atoms with Crippen LogP contribution in [-0.4, -0.2) is 11.4 Å². The Morgan fingerprint density at radius 2 is 1.80 bits per heavy atom. The number of carbonyl (C=O) groups excluding carboxylic acids is 1. The van der Waals surface area contributed by atoms with E-state index in [0.29, 0.717) is 5.69 Å². The van der Waals surface area contributed by atoms with Crippen LogP contribution in [0.15, 0.2) is 47.4 Å². The molecular weight excluding hydrogens is 354 g/mol. The van der Waals surface area contributed by atoms with Crippen molar-refractivity contribution in [2.45, 2.75) is 36.6 Å². The third kappa shape index (κ3) is 6.08. The third-order valence-electron chi connectivity index (χ3n) is 3.45. The monoisotopic (exact) mass is 371 g/mol. The van der Waals surface area contributed by atoms with Crippen LogP contribution >= 0.6 is 11.8 Å². The molecule has 0 bridgehead atoms. The largest absolute Gasteiger partial charge is 0.446 e. The highest BCUT2D eigenvalue weighted by molar-refractivity contribution is 8.00. The van der Waals surface area contributed by atoms with Crippen LogP contribution in [0.5, 0.6) is 0 Å². The number of carbonyl (C=O) groups is 1. The van der Waals surface area contributed by atoms with Crippen LogP contribution in [0.4, 0.5) is 23.2 Å². The van der Waals surface area contributed by atoms with E-state index >= 15 is 0 Å². The summed E-state index contributed by atoms with van der Waals surface area (Å²) in [6.07, 6.45) is 3.10. The minimum Gasteiger partial charge on any atom is -0.322 e. The Kier molecular flexibility index (Phi) is 6.47. The van der Waals surface area contributed by atoms with Crippen molar-refractivity contribution in [2.24, 2.45) is 0 Å². The lowest BCUT2D eigenvalue weighted by Crippen LogP contribution is -2.12. The lowest BCUT2D eigenvalue weighted by Gasteiger charge is -2.10. The summed E-state index contributed by atoms with van der Waals surface area (Å²) in [5, 5.41) is 2.60. The smallest absolute Gasteiger partial charge is 0.322 e. The van der Waals surface area contributed by atoms with Gasteiger partial charge in [-0.3, -0.25) is 4.79 Å². The van der Waals surface area contributed by atoms with Gasteiger partial charge in [0.1, 0.15) is 5.82 Å². The summed E-state index contributed by atoms with van der Waals surface area (Å²) >= 11 is -0.580. The number of hydrogen-bond donors (Lipinski definition) is 1. The van der Waals surface area contributed by atoms with Gasteiger partial charge in [0, 0.05) is 11.3 Å². The lowest BCUT2D eigenvalue weighted by molar-refractivity contribution is -0.0329. The summed E-state index contributed by atoms with van der Waals surface area (Å²) in [6, 6.07) is 10.2. The molecule has 0 heterocycles. The molecule has 0 spiro atoms. The van der Waals surface area contributed by atoms with Gasteiger partial charge in [-0.15, -0.1) is 0 Å². The molecule has 2 rings (SSSR count). The second-order valence-corrected chi connectivity index (χ2v) is 6.55. The van der Waals surface area contributed by atoms with Gasteiger partial charge < -0.3 is 5.32 Å². The Balaban J connectivity index is 2.09. The molecule has 0 radical (unpaired) electrons. The predicted molar refractivity (Wildman–Crippen MR) is 91.3 cm³/mol. The van der Waals surface area contributed by atoms with Gasteiger partial charge in [0.2, 0.25) is 0 Å². The minimum absolute atomic E-state index is 0.0387. The van der Waals surface area contributed by atoms with Crippen LogP contribution in [0.1, 0.15) is 35.7 Å². The lowest BCUT2D eigenvalue weighted by atomic mass is 10.1. The second kappa shape index (κ2) is 8.38. The Morgan fingerprint density at radius 3 is 2.40 bits per heavy atom. The van der Waals surface area contributed by atoms with E-state index in [1.807, 2.05) is 12.1 Å². The summed E-state index contributed by atoms with van der Waals surface area (Å²) in [4.78, 5) is 11.5. The molecule has 7 heteroatoms. The first-order valence-electron chi connectivity index (χ1n) is 7.74. The van der Waals surface area contributed by atoms with Crippen LogP contribution in [-0.2, 0) is 6.42 Å². The van der Waals surface area contributed by atoms with Gasteiger partial charge in [-0.2, -0.15) is 13.2 Å². The standard InChI is InChI=1S/C18H17F4NOS/c1-2-3-4-12-5-8-14(9-6-12)23-17(24)13-7-10-15(19)16(11-13)25-18(20,21)22/h5-11H,2-4H2,1H3,(H,23,24). The Bertz CT molecular complexity index is 729. The van der Waals surface area contributed by atoms with Gasteiger partial charge in [-0.05, 0) is 60.5 Å². The molecule has 0 aromatic heterocycles. The van der Waals surface area contributed by atoms with Gasteiger partial charge in [0.15, 0.2) is 0 Å². The number of amides is 1. The Hall–Kier alpha value is -2.02. The number of unbranched alkanes of at least 4 members (excludes halogenated alkanes) is 1. The highest BCUT2D eigenvalue weighted by Crippen LogP contribution is 2.38. The van der Waals surface area contributed by atoms with E-state index in [2.05, 4.69) is 12.2 Å². The molecule has 134 valence electrons. The van der Waals surface area contributed by atoms with Crippen LogP contribution in [0.25, 0.3) is 0 Å². The van der Waals surface area contributed by atoms with Crippen LogP contribution < -0.4 is 5.32 Å². The molecule has 0 saturated heterocycles. The maximum Gasteiger partial charge on any atom is 0.446 e. The number of nitrogens with one attached hydrogen (secondary N) is 1. The number of halogens is 4. The van der Waals surface area contributed by atoms with Crippen molar-refractivity contribution in [1.82, 2.24) is 0 Å². The maximum atomic E-state index is 13.5. The molecule has 1 N–H and O–H groups in total. The van der Waals surface area contributed by atoms with Crippen molar-refractivity contribution in [3.63, 3.8) is 0 Å². The first-order chi connectivity index (χ1) is 11.8. The van der Waals surface area contributed by atoms with Crippen molar-refractivity contribution >= 4 is 23.4 Å². The van der Waals surface area contributed by atoms with Crippen molar-refractivity contribution in [3.8, 4) is 0 Å². The fourth-order valence-electron chi connectivity index (χ4n) is 2.19. The number of alkyl halides is 3. The minimum atomic E-state index is -4.62. The number of benzene rings is 2. The Morgan fingerprint density at radius 1 is 1.12 bits per heavy atom. The zero-order chi connectivity index (χ0) is 18.4. The molecule has 2 aromatic rings. The predicted octanol–water partition coefficient (Wildman–Crippen LogP) is 6.03.